The molecule has 1 amide bonds. The van der Waals surface area contributed by atoms with Crippen molar-refractivity contribution in [3.05, 3.63) is 71.3 Å². The van der Waals surface area contributed by atoms with E-state index in [1.807, 2.05) is 6.07 Å². The number of benzene rings is 2. The van der Waals surface area contributed by atoms with Gasteiger partial charge in [-0.15, -0.1) is 0 Å². The van der Waals surface area contributed by atoms with E-state index >= 15 is 0 Å². The summed E-state index contributed by atoms with van der Waals surface area (Å²) in [7, 11) is 0. The van der Waals surface area contributed by atoms with Crippen LogP contribution in [0.15, 0.2) is 48.5 Å². The number of hydrogen-bond donors (Lipinski definition) is 2. The Balaban J connectivity index is 1.34. The lowest BCUT2D eigenvalue weighted by molar-refractivity contribution is -0.158. The van der Waals surface area contributed by atoms with Gasteiger partial charge in [0.1, 0.15) is 11.6 Å². The van der Waals surface area contributed by atoms with Crippen LogP contribution < -0.4 is 5.32 Å². The lowest BCUT2D eigenvalue weighted by atomic mass is 9.94. The summed E-state index contributed by atoms with van der Waals surface area (Å²) in [4.78, 5) is 14.6. The van der Waals surface area contributed by atoms with Gasteiger partial charge in [0.2, 0.25) is 5.91 Å². The van der Waals surface area contributed by atoms with Crippen molar-refractivity contribution in [1.82, 2.24) is 10.2 Å². The number of ether oxygens (including phenoxy) is 2. The molecule has 0 spiro atoms. The molecule has 2 aliphatic rings. The summed E-state index contributed by atoms with van der Waals surface area (Å²) >= 11 is 0. The molecule has 2 aliphatic heterocycles. The Morgan fingerprint density at radius 2 is 1.79 bits per heavy atom. The van der Waals surface area contributed by atoms with Gasteiger partial charge in [-0.1, -0.05) is 24.3 Å². The highest BCUT2D eigenvalue weighted by atomic mass is 19.1. The fourth-order valence-corrected chi connectivity index (χ4v) is 4.62. The van der Waals surface area contributed by atoms with Gasteiger partial charge >= 0.3 is 0 Å². The van der Waals surface area contributed by atoms with Crippen LogP contribution in [0.4, 0.5) is 8.78 Å². The van der Waals surface area contributed by atoms with Gasteiger partial charge in [0.25, 0.3) is 0 Å². The quantitative estimate of drug-likeness (QED) is 0.694. The largest absolute Gasteiger partial charge is 0.389 e. The van der Waals surface area contributed by atoms with E-state index in [2.05, 4.69) is 10.2 Å². The van der Waals surface area contributed by atoms with E-state index in [0.717, 1.165) is 12.0 Å². The molecule has 8 heteroatoms. The van der Waals surface area contributed by atoms with Crippen LogP contribution in [-0.2, 0) is 27.4 Å². The number of nitrogens with one attached hydrogen (secondary N) is 1. The van der Waals surface area contributed by atoms with Crippen molar-refractivity contribution in [1.29, 1.82) is 0 Å². The molecule has 2 saturated heterocycles. The highest BCUT2D eigenvalue weighted by molar-refractivity contribution is 5.76. The third-order valence-corrected chi connectivity index (χ3v) is 6.15. The van der Waals surface area contributed by atoms with Crippen LogP contribution in [0.2, 0.25) is 0 Å². The van der Waals surface area contributed by atoms with Crippen molar-refractivity contribution in [2.75, 3.05) is 19.8 Å². The second-order valence-electron chi connectivity index (χ2n) is 8.80. The van der Waals surface area contributed by atoms with Gasteiger partial charge in [-0.25, -0.2) is 8.78 Å². The first-order chi connectivity index (χ1) is 16.0. The van der Waals surface area contributed by atoms with E-state index in [1.54, 1.807) is 18.2 Å². The van der Waals surface area contributed by atoms with E-state index in [4.69, 9.17) is 9.47 Å². The van der Waals surface area contributed by atoms with Crippen molar-refractivity contribution in [2.24, 2.45) is 0 Å². The first-order valence-corrected chi connectivity index (χ1v) is 11.4. The Morgan fingerprint density at radius 1 is 1.06 bits per heavy atom. The number of nitrogens with zero attached hydrogens (tertiary/aromatic N) is 1. The summed E-state index contributed by atoms with van der Waals surface area (Å²) < 4.78 is 38.9. The SMILES string of the molecule is O=C(C[C@H]1CC[C@@H]2[C@H](COC[C@H](O)CN2Cc2cccc(F)c2)O1)NCc1cccc(F)c1. The molecular formula is C25H30F2N2O4. The predicted octanol–water partition coefficient (Wildman–Crippen LogP) is 2.78. The van der Waals surface area contributed by atoms with Crippen LogP contribution in [-0.4, -0.2) is 60.0 Å². The molecule has 4 rings (SSSR count). The molecule has 33 heavy (non-hydrogen) atoms. The number of halogens is 2. The van der Waals surface area contributed by atoms with Crippen LogP contribution in [0, 0.1) is 11.6 Å². The minimum absolute atomic E-state index is 0.00479. The molecule has 2 fully saturated rings. The molecule has 2 N–H and O–H groups in total. The van der Waals surface area contributed by atoms with Gasteiger partial charge < -0.3 is 19.9 Å². The molecule has 6 nitrogen and oxygen atoms in total. The number of aliphatic hydroxyl groups excluding tert-OH is 1. The fourth-order valence-electron chi connectivity index (χ4n) is 4.62. The molecule has 0 unspecified atom stereocenters. The summed E-state index contributed by atoms with van der Waals surface area (Å²) in [5.41, 5.74) is 1.54. The maximum Gasteiger partial charge on any atom is 0.222 e. The first-order valence-electron chi connectivity index (χ1n) is 11.4. The molecule has 0 saturated carbocycles. The zero-order valence-corrected chi connectivity index (χ0v) is 18.5. The molecule has 4 atom stereocenters. The van der Waals surface area contributed by atoms with E-state index in [0.29, 0.717) is 31.7 Å². The summed E-state index contributed by atoms with van der Waals surface area (Å²) in [5.74, 6) is -0.772. The predicted molar refractivity (Wildman–Crippen MR) is 118 cm³/mol. The van der Waals surface area contributed by atoms with Crippen molar-refractivity contribution in [3.63, 3.8) is 0 Å². The van der Waals surface area contributed by atoms with Gasteiger partial charge in [0, 0.05) is 25.7 Å². The zero-order valence-electron chi connectivity index (χ0n) is 18.5. The molecule has 0 aromatic heterocycles. The lowest BCUT2D eigenvalue weighted by Crippen LogP contribution is -2.55. The Morgan fingerprint density at radius 3 is 2.55 bits per heavy atom. The van der Waals surface area contributed by atoms with Gasteiger partial charge in [0.05, 0.1) is 37.9 Å². The maximum absolute atomic E-state index is 13.7. The smallest absolute Gasteiger partial charge is 0.222 e. The monoisotopic (exact) mass is 460 g/mol. The Kier molecular flexibility index (Phi) is 8.03. The lowest BCUT2D eigenvalue weighted by Gasteiger charge is -2.44. The van der Waals surface area contributed by atoms with E-state index in [-0.39, 0.29) is 55.4 Å². The van der Waals surface area contributed by atoms with Crippen LogP contribution in [0.1, 0.15) is 30.4 Å². The average Bonchev–Trinajstić information content (AvgIpc) is 2.77. The Bertz CT molecular complexity index is 944. The van der Waals surface area contributed by atoms with E-state index in [9.17, 15) is 18.7 Å². The second-order valence-corrected chi connectivity index (χ2v) is 8.80. The summed E-state index contributed by atoms with van der Waals surface area (Å²) in [6.07, 6.45) is 0.544. The van der Waals surface area contributed by atoms with Gasteiger partial charge in [0.15, 0.2) is 0 Å². The Labute approximate surface area is 192 Å². The van der Waals surface area contributed by atoms with Crippen LogP contribution in [0.3, 0.4) is 0 Å². The fraction of sp³-hybridized carbons (Fsp3) is 0.480. The molecule has 178 valence electrons. The summed E-state index contributed by atoms with van der Waals surface area (Å²) in [6, 6.07) is 12.6. The number of β-amino-alcohol motifs (C(OH)–C–C–N with tert-alkyl or cyclic N) is 1. The van der Waals surface area contributed by atoms with Gasteiger partial charge in [-0.3, -0.25) is 9.69 Å². The molecule has 2 heterocycles. The van der Waals surface area contributed by atoms with Crippen molar-refractivity contribution >= 4 is 5.91 Å². The number of rotatable bonds is 6. The standard InChI is InChI=1S/C25H30F2N2O4/c26-19-5-1-3-17(9-19)12-28-25(31)11-22-7-8-23-24(33-22)16-32-15-21(30)14-29(23)13-18-4-2-6-20(27)10-18/h1-6,9-10,21-24,30H,7-8,11-16H2,(H,28,31)/t21-,22-,23-,24+/m1/s1. The number of aliphatic hydroxyl groups is 1. The highest BCUT2D eigenvalue weighted by Crippen LogP contribution is 2.29. The van der Waals surface area contributed by atoms with Crippen LogP contribution in [0.5, 0.6) is 0 Å². The second kappa shape index (κ2) is 11.2. The number of amides is 1. The van der Waals surface area contributed by atoms with E-state index < -0.39 is 6.10 Å². The number of carbonyl (C=O) groups excluding carboxylic acids is 1. The first kappa shape index (κ1) is 23.8. The van der Waals surface area contributed by atoms with Gasteiger partial charge in [-0.05, 0) is 48.2 Å². The third-order valence-electron chi connectivity index (χ3n) is 6.15. The highest BCUT2D eigenvalue weighted by Gasteiger charge is 2.38. The van der Waals surface area contributed by atoms with Gasteiger partial charge in [-0.2, -0.15) is 0 Å². The average molecular weight is 461 g/mol. The third kappa shape index (κ3) is 6.80. The van der Waals surface area contributed by atoms with Crippen molar-refractivity contribution < 1.29 is 28.2 Å². The molecule has 0 bridgehead atoms. The minimum atomic E-state index is -0.633. The zero-order chi connectivity index (χ0) is 23.2. The molecule has 0 radical (unpaired) electrons. The normalized spacial score (nSPS) is 26.2. The Hall–Kier alpha value is -2.39. The van der Waals surface area contributed by atoms with Crippen molar-refractivity contribution in [3.8, 4) is 0 Å². The minimum Gasteiger partial charge on any atom is -0.389 e. The molecule has 2 aromatic rings. The number of hydrogen-bond acceptors (Lipinski definition) is 5. The summed E-state index contributed by atoms with van der Waals surface area (Å²) in [5, 5.41) is 13.1. The summed E-state index contributed by atoms with van der Waals surface area (Å²) in [6.45, 7) is 1.68. The van der Waals surface area contributed by atoms with Crippen LogP contribution >= 0.6 is 0 Å². The van der Waals surface area contributed by atoms with Crippen molar-refractivity contribution in [2.45, 2.75) is 56.7 Å². The van der Waals surface area contributed by atoms with Crippen LogP contribution in [0.25, 0.3) is 0 Å². The molecule has 2 aromatic carbocycles. The molecule has 0 aliphatic carbocycles. The number of fused-ring (bicyclic) bond motifs is 1. The number of carbonyl (C=O) groups is 1. The molecular weight excluding hydrogens is 430 g/mol. The maximum atomic E-state index is 13.7. The van der Waals surface area contributed by atoms with E-state index in [1.165, 1.54) is 24.3 Å². The topological polar surface area (TPSA) is 71.0 Å².